The van der Waals surface area contributed by atoms with Crippen LogP contribution < -0.4 is 10.6 Å². The van der Waals surface area contributed by atoms with Crippen molar-refractivity contribution in [2.24, 2.45) is 17.8 Å². The molecule has 0 aromatic rings. The van der Waals surface area contributed by atoms with E-state index in [1.54, 1.807) is 6.92 Å². The highest BCUT2D eigenvalue weighted by Crippen LogP contribution is 2.44. The van der Waals surface area contributed by atoms with Crippen molar-refractivity contribution in [2.75, 3.05) is 6.54 Å². The van der Waals surface area contributed by atoms with E-state index < -0.39 is 0 Å². The molecule has 2 rings (SSSR count). The van der Waals surface area contributed by atoms with Crippen LogP contribution in [0.5, 0.6) is 0 Å². The van der Waals surface area contributed by atoms with Crippen LogP contribution in [0.3, 0.4) is 0 Å². The quantitative estimate of drug-likeness (QED) is 0.701. The van der Waals surface area contributed by atoms with Crippen LogP contribution in [0.1, 0.15) is 58.8 Å². The third-order valence-electron chi connectivity index (χ3n) is 4.77. The van der Waals surface area contributed by atoms with Crippen molar-refractivity contribution in [1.29, 1.82) is 0 Å². The fraction of sp³-hybridized carbons (Fsp3) is 0.938. The normalized spacial score (nSPS) is 29.6. The predicted molar refractivity (Wildman–Crippen MR) is 80.5 cm³/mol. The van der Waals surface area contributed by atoms with Crippen LogP contribution in [0.4, 0.5) is 4.79 Å². The van der Waals surface area contributed by atoms with Gasteiger partial charge in [-0.3, -0.25) is 0 Å². The van der Waals surface area contributed by atoms with Gasteiger partial charge in [-0.05, 0) is 37.5 Å². The molecule has 2 aliphatic rings. The Morgan fingerprint density at radius 1 is 1.25 bits per heavy atom. The summed E-state index contributed by atoms with van der Waals surface area (Å²) in [7, 11) is 0. The zero-order valence-corrected chi connectivity index (χ0v) is 12.9. The molecular weight excluding hydrogens is 252 g/mol. The molecule has 0 aromatic heterocycles. The highest BCUT2D eigenvalue weighted by atomic mass is 16.3. The van der Waals surface area contributed by atoms with E-state index in [0.29, 0.717) is 18.5 Å². The Morgan fingerprint density at radius 2 is 1.95 bits per heavy atom. The largest absolute Gasteiger partial charge is 0.393 e. The molecule has 0 aliphatic heterocycles. The SMILES string of the molecule is CC(O)CC(C)CNC(=O)NC1CC1C1CCCCC1. The number of aliphatic hydroxyl groups is 1. The molecule has 0 heterocycles. The molecule has 0 radical (unpaired) electrons. The Morgan fingerprint density at radius 3 is 2.60 bits per heavy atom. The molecule has 4 atom stereocenters. The zero-order valence-electron chi connectivity index (χ0n) is 12.9. The molecular formula is C16H30N2O2. The highest BCUT2D eigenvalue weighted by Gasteiger charge is 2.43. The number of nitrogens with one attached hydrogen (secondary N) is 2. The van der Waals surface area contributed by atoms with Gasteiger partial charge in [0.15, 0.2) is 0 Å². The lowest BCUT2D eigenvalue weighted by Crippen LogP contribution is -2.40. The molecule has 4 unspecified atom stereocenters. The molecule has 2 saturated carbocycles. The van der Waals surface area contributed by atoms with Crippen molar-refractivity contribution in [3.8, 4) is 0 Å². The first-order valence-corrected chi connectivity index (χ1v) is 8.28. The van der Waals surface area contributed by atoms with Crippen molar-refractivity contribution in [1.82, 2.24) is 10.6 Å². The van der Waals surface area contributed by atoms with E-state index in [-0.39, 0.29) is 12.1 Å². The molecule has 3 N–H and O–H groups in total. The van der Waals surface area contributed by atoms with Crippen LogP contribution in [-0.2, 0) is 0 Å². The third kappa shape index (κ3) is 4.97. The van der Waals surface area contributed by atoms with E-state index in [4.69, 9.17) is 0 Å². The highest BCUT2D eigenvalue weighted by molar-refractivity contribution is 5.74. The first-order chi connectivity index (χ1) is 9.56. The third-order valence-corrected chi connectivity index (χ3v) is 4.77. The maximum Gasteiger partial charge on any atom is 0.315 e. The fourth-order valence-electron chi connectivity index (χ4n) is 3.62. The van der Waals surface area contributed by atoms with E-state index in [1.807, 2.05) is 0 Å². The maximum atomic E-state index is 11.8. The number of hydrogen-bond donors (Lipinski definition) is 3. The van der Waals surface area contributed by atoms with E-state index in [0.717, 1.165) is 18.3 Å². The minimum absolute atomic E-state index is 0.0363. The summed E-state index contributed by atoms with van der Waals surface area (Å²) in [5.74, 6) is 1.90. The first kappa shape index (κ1) is 15.6. The molecule has 2 amide bonds. The molecule has 20 heavy (non-hydrogen) atoms. The number of urea groups is 1. The summed E-state index contributed by atoms with van der Waals surface area (Å²) in [5, 5.41) is 15.3. The van der Waals surface area contributed by atoms with E-state index in [1.165, 1.54) is 38.5 Å². The number of rotatable bonds is 6. The van der Waals surface area contributed by atoms with E-state index >= 15 is 0 Å². The van der Waals surface area contributed by atoms with Gasteiger partial charge in [-0.2, -0.15) is 0 Å². The summed E-state index contributed by atoms with van der Waals surface area (Å²) in [6.07, 6.45) is 8.45. The van der Waals surface area contributed by atoms with Crippen LogP contribution in [0.2, 0.25) is 0 Å². The zero-order chi connectivity index (χ0) is 14.5. The van der Waals surface area contributed by atoms with Crippen LogP contribution in [0, 0.1) is 17.8 Å². The van der Waals surface area contributed by atoms with Crippen molar-refractivity contribution in [2.45, 2.75) is 70.9 Å². The van der Waals surface area contributed by atoms with Gasteiger partial charge in [0.25, 0.3) is 0 Å². The van der Waals surface area contributed by atoms with Crippen molar-refractivity contribution in [3.63, 3.8) is 0 Å². The number of carbonyl (C=O) groups is 1. The van der Waals surface area contributed by atoms with Crippen molar-refractivity contribution in [3.05, 3.63) is 0 Å². The molecule has 2 fully saturated rings. The molecule has 0 bridgehead atoms. The lowest BCUT2D eigenvalue weighted by Gasteiger charge is -2.21. The van der Waals surface area contributed by atoms with Gasteiger partial charge in [0, 0.05) is 12.6 Å². The van der Waals surface area contributed by atoms with Gasteiger partial charge in [-0.1, -0.05) is 39.0 Å². The van der Waals surface area contributed by atoms with Gasteiger partial charge in [-0.25, -0.2) is 4.79 Å². The number of carbonyl (C=O) groups excluding carboxylic acids is 1. The Kier molecular flexibility index (Phi) is 5.70. The average Bonchev–Trinajstić information content (AvgIpc) is 3.16. The van der Waals surface area contributed by atoms with Gasteiger partial charge < -0.3 is 15.7 Å². The second kappa shape index (κ2) is 7.30. The van der Waals surface area contributed by atoms with Crippen molar-refractivity contribution < 1.29 is 9.90 Å². The smallest absolute Gasteiger partial charge is 0.315 e. The van der Waals surface area contributed by atoms with Crippen LogP contribution in [0.15, 0.2) is 0 Å². The minimum atomic E-state index is -0.297. The van der Waals surface area contributed by atoms with Crippen LogP contribution in [-0.4, -0.2) is 29.8 Å². The van der Waals surface area contributed by atoms with Gasteiger partial charge in [-0.15, -0.1) is 0 Å². The van der Waals surface area contributed by atoms with Crippen LogP contribution >= 0.6 is 0 Å². The topological polar surface area (TPSA) is 61.4 Å². The summed E-state index contributed by atoms with van der Waals surface area (Å²) < 4.78 is 0. The summed E-state index contributed by atoms with van der Waals surface area (Å²) in [5.41, 5.74) is 0. The second-order valence-electron chi connectivity index (χ2n) is 6.95. The molecule has 0 spiro atoms. The number of aliphatic hydroxyl groups excluding tert-OH is 1. The molecule has 0 saturated heterocycles. The fourth-order valence-corrected chi connectivity index (χ4v) is 3.62. The summed E-state index contributed by atoms with van der Waals surface area (Å²) >= 11 is 0. The molecule has 116 valence electrons. The predicted octanol–water partition coefficient (Wildman–Crippen LogP) is 2.66. The summed E-state index contributed by atoms with van der Waals surface area (Å²) in [6.45, 7) is 4.47. The molecule has 4 nitrogen and oxygen atoms in total. The van der Waals surface area contributed by atoms with Gasteiger partial charge >= 0.3 is 6.03 Å². The Hall–Kier alpha value is -0.770. The standard InChI is InChI=1S/C16H30N2O2/c1-11(8-12(2)19)10-17-16(20)18-15-9-14(15)13-6-4-3-5-7-13/h11-15,19H,3-10H2,1-2H3,(H2,17,18,20). The second-order valence-corrected chi connectivity index (χ2v) is 6.95. The lowest BCUT2D eigenvalue weighted by atomic mass is 9.85. The van der Waals surface area contributed by atoms with Crippen molar-refractivity contribution >= 4 is 6.03 Å². The van der Waals surface area contributed by atoms with E-state index in [2.05, 4.69) is 17.6 Å². The molecule has 2 aliphatic carbocycles. The number of hydrogen-bond acceptors (Lipinski definition) is 2. The monoisotopic (exact) mass is 282 g/mol. The Labute approximate surface area is 122 Å². The summed E-state index contributed by atoms with van der Waals surface area (Å²) in [4.78, 5) is 11.8. The van der Waals surface area contributed by atoms with Crippen LogP contribution in [0.25, 0.3) is 0 Å². The Bertz CT molecular complexity index is 314. The van der Waals surface area contributed by atoms with Gasteiger partial charge in [0.2, 0.25) is 0 Å². The van der Waals surface area contributed by atoms with Gasteiger partial charge in [0.05, 0.1) is 6.10 Å². The lowest BCUT2D eigenvalue weighted by molar-refractivity contribution is 0.163. The number of amides is 2. The summed E-state index contributed by atoms with van der Waals surface area (Å²) in [6, 6.07) is 0.371. The maximum absolute atomic E-state index is 11.8. The van der Waals surface area contributed by atoms with E-state index in [9.17, 15) is 9.90 Å². The van der Waals surface area contributed by atoms with Gasteiger partial charge in [0.1, 0.15) is 0 Å². The average molecular weight is 282 g/mol. The molecule has 4 heteroatoms. The molecule has 0 aromatic carbocycles. The first-order valence-electron chi connectivity index (χ1n) is 8.28. The minimum Gasteiger partial charge on any atom is -0.393 e. The Balaban J connectivity index is 1.59.